The highest BCUT2D eigenvalue weighted by Gasteiger charge is 2.05. The van der Waals surface area contributed by atoms with Gasteiger partial charge in [-0.1, -0.05) is 15.9 Å². The van der Waals surface area contributed by atoms with Gasteiger partial charge in [0, 0.05) is 8.95 Å². The molecule has 2 rings (SSSR count). The number of hydrogen-bond donors (Lipinski definition) is 0. The zero-order valence-electron chi connectivity index (χ0n) is 5.71. The van der Waals surface area contributed by atoms with Crippen LogP contribution < -0.4 is 10.7 Å². The quantitative estimate of drug-likeness (QED) is 0.670. The molecule has 0 spiro atoms. The van der Waals surface area contributed by atoms with Crippen LogP contribution >= 0.6 is 44.1 Å². The maximum Gasteiger partial charge on any atom is 0.220 e. The first-order valence-corrected chi connectivity index (χ1v) is 5.13. The van der Waals surface area contributed by atoms with Gasteiger partial charge in [-0.25, -0.2) is 9.98 Å². The van der Waals surface area contributed by atoms with Crippen LogP contribution in [0.4, 0.5) is 0 Å². The average Bonchev–Trinajstić information content (AvgIpc) is 2.29. The molecule has 0 aromatic heterocycles. The first kappa shape index (κ1) is 8.47. The molecule has 5 heteroatoms. The second kappa shape index (κ2) is 2.97. The molecule has 0 bridgehead atoms. The van der Waals surface area contributed by atoms with Gasteiger partial charge in [0.25, 0.3) is 0 Å². The summed E-state index contributed by atoms with van der Waals surface area (Å²) in [5.41, 5.74) is 0. The summed E-state index contributed by atoms with van der Waals surface area (Å²) in [6, 6.07) is 3.81. The van der Waals surface area contributed by atoms with E-state index in [1.807, 2.05) is 12.1 Å². The molecule has 0 saturated carbocycles. The van der Waals surface area contributed by atoms with E-state index in [0.29, 0.717) is 5.11 Å². The third-order valence-electron chi connectivity index (χ3n) is 1.43. The molecule has 0 radical (unpaired) electrons. The molecular formula is C7H2Br2N2S. The highest BCUT2D eigenvalue weighted by Crippen LogP contribution is 2.11. The van der Waals surface area contributed by atoms with Crippen molar-refractivity contribution in [2.24, 2.45) is 9.98 Å². The summed E-state index contributed by atoms with van der Waals surface area (Å²) >= 11 is 11.6. The molecule has 0 amide bonds. The Morgan fingerprint density at radius 3 is 2.67 bits per heavy atom. The molecule has 2 nitrogen and oxygen atoms in total. The van der Waals surface area contributed by atoms with E-state index in [2.05, 4.69) is 41.8 Å². The molecule has 1 aliphatic rings. The largest absolute Gasteiger partial charge is 0.220 e. The second-order valence-electron chi connectivity index (χ2n) is 2.26. The van der Waals surface area contributed by atoms with Crippen LogP contribution in [0.2, 0.25) is 0 Å². The summed E-state index contributed by atoms with van der Waals surface area (Å²) in [5, 5.41) is 2.04. The zero-order valence-corrected chi connectivity index (χ0v) is 9.70. The van der Waals surface area contributed by atoms with E-state index in [1.54, 1.807) is 0 Å². The topological polar surface area (TPSA) is 24.7 Å². The molecule has 1 heterocycles. The minimum atomic E-state index is 0.392. The predicted octanol–water partition coefficient (Wildman–Crippen LogP) is 1.75. The van der Waals surface area contributed by atoms with Gasteiger partial charge in [0.2, 0.25) is 5.11 Å². The minimum Gasteiger partial charge on any atom is -0.217 e. The normalized spacial score (nSPS) is 13.7. The van der Waals surface area contributed by atoms with Crippen molar-refractivity contribution < 1.29 is 0 Å². The van der Waals surface area contributed by atoms with Gasteiger partial charge in [-0.05, 0) is 40.3 Å². The third-order valence-corrected chi connectivity index (χ3v) is 2.68. The van der Waals surface area contributed by atoms with Gasteiger partial charge < -0.3 is 0 Å². The summed E-state index contributed by atoms with van der Waals surface area (Å²) < 4.78 is 1.88. The number of benzene rings is 1. The smallest absolute Gasteiger partial charge is 0.217 e. The zero-order chi connectivity index (χ0) is 8.72. The van der Waals surface area contributed by atoms with Crippen LogP contribution in [-0.2, 0) is 0 Å². The lowest BCUT2D eigenvalue weighted by atomic mass is 10.3. The van der Waals surface area contributed by atoms with Gasteiger partial charge >= 0.3 is 0 Å². The van der Waals surface area contributed by atoms with Crippen molar-refractivity contribution in [3.05, 3.63) is 31.8 Å². The lowest BCUT2D eigenvalue weighted by Gasteiger charge is -1.89. The van der Waals surface area contributed by atoms with E-state index in [1.165, 1.54) is 0 Å². The first-order valence-electron chi connectivity index (χ1n) is 3.13. The number of hydrogen-bond acceptors (Lipinski definition) is 1. The molecule has 0 saturated heterocycles. The van der Waals surface area contributed by atoms with Crippen LogP contribution in [0.1, 0.15) is 0 Å². The van der Waals surface area contributed by atoms with Crippen molar-refractivity contribution in [1.82, 2.24) is 0 Å². The lowest BCUT2D eigenvalue weighted by Crippen LogP contribution is -2.22. The Labute approximate surface area is 90.7 Å². The van der Waals surface area contributed by atoms with E-state index < -0.39 is 0 Å². The van der Waals surface area contributed by atoms with Crippen molar-refractivity contribution in [2.45, 2.75) is 0 Å². The van der Waals surface area contributed by atoms with Crippen LogP contribution in [0.3, 0.4) is 0 Å². The van der Waals surface area contributed by atoms with Gasteiger partial charge in [0.05, 0.1) is 5.36 Å². The Kier molecular flexibility index (Phi) is 2.10. The summed E-state index contributed by atoms with van der Waals surface area (Å²) in [7, 11) is 0. The fourth-order valence-electron chi connectivity index (χ4n) is 0.972. The highest BCUT2D eigenvalue weighted by molar-refractivity contribution is 9.11. The predicted molar refractivity (Wildman–Crippen MR) is 56.8 cm³/mol. The van der Waals surface area contributed by atoms with Crippen LogP contribution in [-0.4, -0.2) is 5.11 Å². The number of fused-ring (bicyclic) bond motifs is 1. The van der Waals surface area contributed by atoms with Crippen molar-refractivity contribution >= 4 is 49.2 Å². The Bertz CT molecular complexity index is 481. The van der Waals surface area contributed by atoms with Crippen LogP contribution in [0.15, 0.2) is 31.1 Å². The Morgan fingerprint density at radius 1 is 1.17 bits per heavy atom. The number of rotatable bonds is 0. The minimum absolute atomic E-state index is 0.392. The van der Waals surface area contributed by atoms with Gasteiger partial charge in [0.1, 0.15) is 5.36 Å². The molecule has 1 aromatic carbocycles. The standard InChI is InChI=1S/C7H2Br2N2S/c8-3-1-4(9)6-5(2-3)10-7(12)11-6/h1-2H. The van der Waals surface area contributed by atoms with Crippen molar-refractivity contribution in [1.29, 1.82) is 0 Å². The Hall–Kier alpha value is -0.130. The fraction of sp³-hybridized carbons (Fsp3) is 0. The second-order valence-corrected chi connectivity index (χ2v) is 4.40. The molecule has 0 unspecified atom stereocenters. The Balaban J connectivity index is 2.95. The molecule has 0 aliphatic carbocycles. The average molecular weight is 306 g/mol. The fourth-order valence-corrected chi connectivity index (χ4v) is 2.45. The molecule has 1 aromatic rings. The highest BCUT2D eigenvalue weighted by atomic mass is 79.9. The van der Waals surface area contributed by atoms with Crippen LogP contribution in [0.25, 0.3) is 0 Å². The number of nitrogens with zero attached hydrogens (tertiary/aromatic N) is 2. The van der Waals surface area contributed by atoms with Gasteiger partial charge in [-0.2, -0.15) is 0 Å². The Morgan fingerprint density at radius 2 is 1.92 bits per heavy atom. The van der Waals surface area contributed by atoms with E-state index in [0.717, 1.165) is 19.7 Å². The summed E-state index contributed by atoms with van der Waals surface area (Å²) in [5.74, 6) is 0. The number of halogens is 2. The van der Waals surface area contributed by atoms with Gasteiger partial charge in [-0.15, -0.1) is 0 Å². The van der Waals surface area contributed by atoms with Crippen molar-refractivity contribution in [3.8, 4) is 0 Å². The monoisotopic (exact) mass is 304 g/mol. The summed E-state index contributed by atoms with van der Waals surface area (Å²) in [6.45, 7) is 0. The summed E-state index contributed by atoms with van der Waals surface area (Å²) in [4.78, 5) is 8.17. The van der Waals surface area contributed by atoms with Gasteiger partial charge in [-0.3, -0.25) is 0 Å². The first-order chi connectivity index (χ1) is 5.66. The van der Waals surface area contributed by atoms with Crippen LogP contribution in [0.5, 0.6) is 0 Å². The summed E-state index contributed by atoms with van der Waals surface area (Å²) in [6.07, 6.45) is 0. The molecule has 1 aliphatic heterocycles. The van der Waals surface area contributed by atoms with Crippen molar-refractivity contribution in [2.75, 3.05) is 0 Å². The van der Waals surface area contributed by atoms with Gasteiger partial charge in [0.15, 0.2) is 0 Å². The molecular weight excluding hydrogens is 304 g/mol. The van der Waals surface area contributed by atoms with E-state index in [4.69, 9.17) is 12.2 Å². The lowest BCUT2D eigenvalue weighted by molar-refractivity contribution is 1.32. The van der Waals surface area contributed by atoms with E-state index in [-0.39, 0.29) is 0 Å². The van der Waals surface area contributed by atoms with E-state index >= 15 is 0 Å². The van der Waals surface area contributed by atoms with Crippen LogP contribution in [0, 0.1) is 0 Å². The van der Waals surface area contributed by atoms with E-state index in [9.17, 15) is 0 Å². The molecule has 0 atom stereocenters. The van der Waals surface area contributed by atoms with Crippen molar-refractivity contribution in [3.63, 3.8) is 0 Å². The maximum atomic E-state index is 4.86. The number of thiocarbonyl (C=S) groups is 1. The molecule has 0 N–H and O–H groups in total. The molecule has 60 valence electrons. The molecule has 0 fully saturated rings. The maximum absolute atomic E-state index is 4.86. The molecule has 12 heavy (non-hydrogen) atoms. The SMILES string of the molecule is S=C1N=c2cc(Br)cc(Br)c2=N1. The third kappa shape index (κ3) is 1.36.